The second-order valence-corrected chi connectivity index (χ2v) is 7.83. The van der Waals surface area contributed by atoms with Gasteiger partial charge >= 0.3 is 5.97 Å². The maximum atomic E-state index is 12.7. The van der Waals surface area contributed by atoms with Gasteiger partial charge in [-0.2, -0.15) is 10.2 Å². The van der Waals surface area contributed by atoms with Crippen molar-refractivity contribution < 1.29 is 19.4 Å². The SMILES string of the molecule is O=C(O)c1cc(C(=O)N2CC3CC(Oc4ccccc4-n4cccn4)CC3C2)n[nH]1. The van der Waals surface area contributed by atoms with Crippen molar-refractivity contribution in [1.29, 1.82) is 0 Å². The zero-order valence-electron chi connectivity index (χ0n) is 16.1. The first-order chi connectivity index (χ1) is 14.6. The number of carboxylic acids is 1. The molecule has 3 heterocycles. The number of ether oxygens (including phenoxy) is 1. The average molecular weight is 407 g/mol. The summed E-state index contributed by atoms with van der Waals surface area (Å²) in [5, 5.41) is 19.5. The summed E-state index contributed by atoms with van der Waals surface area (Å²) in [6, 6.07) is 11.0. The highest BCUT2D eigenvalue weighted by molar-refractivity contribution is 5.95. The lowest BCUT2D eigenvalue weighted by Gasteiger charge is -2.20. The lowest BCUT2D eigenvalue weighted by molar-refractivity contribution is 0.0690. The first kappa shape index (κ1) is 18.4. The number of fused-ring (bicyclic) bond motifs is 1. The number of aromatic amines is 1. The number of nitrogens with one attached hydrogen (secondary N) is 1. The Kier molecular flexibility index (Phi) is 4.50. The van der Waals surface area contributed by atoms with E-state index in [1.165, 1.54) is 6.07 Å². The molecule has 2 fully saturated rings. The van der Waals surface area contributed by atoms with Crippen molar-refractivity contribution in [2.24, 2.45) is 11.8 Å². The minimum atomic E-state index is -1.13. The number of benzene rings is 1. The molecule has 0 bridgehead atoms. The molecule has 1 aromatic carbocycles. The summed E-state index contributed by atoms with van der Waals surface area (Å²) in [4.78, 5) is 25.4. The Balaban J connectivity index is 1.23. The first-order valence-electron chi connectivity index (χ1n) is 9.92. The molecule has 3 aromatic rings. The number of likely N-dealkylation sites (tertiary alicyclic amines) is 1. The molecule has 30 heavy (non-hydrogen) atoms. The number of carboxylic acid groups (broad SMARTS) is 1. The molecule has 0 spiro atoms. The number of carbonyl (C=O) groups is 2. The highest BCUT2D eigenvalue weighted by atomic mass is 16.5. The third-order valence-electron chi connectivity index (χ3n) is 5.93. The van der Waals surface area contributed by atoms with Crippen LogP contribution in [0.15, 0.2) is 48.8 Å². The summed E-state index contributed by atoms with van der Waals surface area (Å²) in [6.45, 7) is 1.28. The molecule has 9 nitrogen and oxygen atoms in total. The van der Waals surface area contributed by atoms with Crippen molar-refractivity contribution in [2.45, 2.75) is 18.9 Å². The number of hydrogen-bond donors (Lipinski definition) is 2. The van der Waals surface area contributed by atoms with E-state index < -0.39 is 5.97 Å². The summed E-state index contributed by atoms with van der Waals surface area (Å²) in [6.07, 6.45) is 5.48. The third kappa shape index (κ3) is 3.32. The normalized spacial score (nSPS) is 22.8. The summed E-state index contributed by atoms with van der Waals surface area (Å²) in [5.74, 6) is 0.184. The van der Waals surface area contributed by atoms with Gasteiger partial charge in [0.1, 0.15) is 17.1 Å². The van der Waals surface area contributed by atoms with E-state index in [2.05, 4.69) is 15.3 Å². The van der Waals surface area contributed by atoms with Gasteiger partial charge in [0, 0.05) is 31.5 Å². The van der Waals surface area contributed by atoms with Crippen LogP contribution in [0.5, 0.6) is 5.75 Å². The lowest BCUT2D eigenvalue weighted by atomic mass is 10.0. The standard InChI is InChI=1S/C21H21N5O4/c27-20(16-10-17(21(28)29)24-23-16)25-11-13-8-15(9-14(13)12-25)30-19-5-2-1-4-18(19)26-7-3-6-22-26/h1-7,10,13-15H,8-9,11-12H2,(H,23,24)(H,28,29). The van der Waals surface area contributed by atoms with E-state index in [9.17, 15) is 9.59 Å². The second-order valence-electron chi connectivity index (χ2n) is 7.83. The number of nitrogens with zero attached hydrogens (tertiary/aromatic N) is 4. The topological polar surface area (TPSA) is 113 Å². The van der Waals surface area contributed by atoms with Gasteiger partial charge < -0.3 is 14.7 Å². The number of H-pyrrole nitrogens is 1. The molecule has 1 amide bonds. The van der Waals surface area contributed by atoms with Gasteiger partial charge in [-0.05, 0) is 42.9 Å². The van der Waals surface area contributed by atoms with E-state index in [1.807, 2.05) is 36.5 Å². The van der Waals surface area contributed by atoms with E-state index in [1.54, 1.807) is 15.8 Å². The van der Waals surface area contributed by atoms with Crippen molar-refractivity contribution in [3.63, 3.8) is 0 Å². The van der Waals surface area contributed by atoms with Crippen molar-refractivity contribution in [1.82, 2.24) is 24.9 Å². The Morgan fingerprint density at radius 3 is 2.57 bits per heavy atom. The molecule has 2 atom stereocenters. The molecular formula is C21H21N5O4. The van der Waals surface area contributed by atoms with E-state index >= 15 is 0 Å². The van der Waals surface area contributed by atoms with Crippen LogP contribution >= 0.6 is 0 Å². The highest BCUT2D eigenvalue weighted by Crippen LogP contribution is 2.40. The summed E-state index contributed by atoms with van der Waals surface area (Å²) in [5.41, 5.74) is 0.972. The van der Waals surface area contributed by atoms with Gasteiger partial charge in [0.2, 0.25) is 0 Å². The molecule has 1 aliphatic heterocycles. The van der Waals surface area contributed by atoms with E-state index in [0.717, 1.165) is 24.3 Å². The molecule has 1 saturated carbocycles. The summed E-state index contributed by atoms with van der Waals surface area (Å²) >= 11 is 0. The molecule has 1 saturated heterocycles. The second kappa shape index (κ2) is 7.33. The Hall–Kier alpha value is -3.62. The number of amides is 1. The van der Waals surface area contributed by atoms with E-state index in [4.69, 9.17) is 9.84 Å². The van der Waals surface area contributed by atoms with Crippen molar-refractivity contribution in [3.8, 4) is 11.4 Å². The predicted molar refractivity (Wildman–Crippen MR) is 106 cm³/mol. The molecule has 2 N–H and O–H groups in total. The summed E-state index contributed by atoms with van der Waals surface area (Å²) in [7, 11) is 0. The van der Waals surface area contributed by atoms with Crippen LogP contribution in [0.1, 0.15) is 33.8 Å². The van der Waals surface area contributed by atoms with Crippen LogP contribution < -0.4 is 4.74 Å². The fraction of sp³-hybridized carbons (Fsp3) is 0.333. The van der Waals surface area contributed by atoms with Crippen molar-refractivity contribution >= 4 is 11.9 Å². The van der Waals surface area contributed by atoms with E-state index in [0.29, 0.717) is 24.9 Å². The monoisotopic (exact) mass is 407 g/mol. The zero-order chi connectivity index (χ0) is 20.7. The van der Waals surface area contributed by atoms with Crippen LogP contribution in [-0.4, -0.2) is 61.1 Å². The van der Waals surface area contributed by atoms with Crippen LogP contribution in [0.3, 0.4) is 0 Å². The van der Waals surface area contributed by atoms with Gasteiger partial charge in [0.25, 0.3) is 5.91 Å². The molecule has 5 rings (SSSR count). The molecular weight excluding hydrogens is 386 g/mol. The largest absolute Gasteiger partial charge is 0.488 e. The Morgan fingerprint density at radius 2 is 1.90 bits per heavy atom. The minimum absolute atomic E-state index is 0.0814. The predicted octanol–water partition coefficient (Wildman–Crippen LogP) is 2.22. The molecule has 2 aromatic heterocycles. The Morgan fingerprint density at radius 1 is 1.13 bits per heavy atom. The number of rotatable bonds is 5. The molecule has 154 valence electrons. The number of para-hydroxylation sites is 2. The zero-order valence-corrected chi connectivity index (χ0v) is 16.1. The maximum Gasteiger partial charge on any atom is 0.353 e. The van der Waals surface area contributed by atoms with Crippen molar-refractivity contribution in [2.75, 3.05) is 13.1 Å². The van der Waals surface area contributed by atoms with Gasteiger partial charge in [-0.3, -0.25) is 9.89 Å². The minimum Gasteiger partial charge on any atom is -0.488 e. The smallest absolute Gasteiger partial charge is 0.353 e. The van der Waals surface area contributed by atoms with Gasteiger partial charge in [-0.25, -0.2) is 9.48 Å². The first-order valence-corrected chi connectivity index (χ1v) is 9.92. The van der Waals surface area contributed by atoms with Crippen LogP contribution in [0.25, 0.3) is 5.69 Å². The Bertz CT molecular complexity index is 1060. The highest BCUT2D eigenvalue weighted by Gasteiger charge is 2.44. The maximum absolute atomic E-state index is 12.7. The number of aromatic nitrogens is 4. The van der Waals surface area contributed by atoms with Crippen molar-refractivity contribution in [3.05, 3.63) is 60.2 Å². The number of aromatic carboxylic acids is 1. The quantitative estimate of drug-likeness (QED) is 0.671. The van der Waals surface area contributed by atoms with Gasteiger partial charge in [-0.1, -0.05) is 12.1 Å². The van der Waals surface area contributed by atoms with Crippen LogP contribution in [0.2, 0.25) is 0 Å². The summed E-state index contributed by atoms with van der Waals surface area (Å²) < 4.78 is 8.12. The molecule has 2 unspecified atom stereocenters. The molecule has 1 aliphatic carbocycles. The van der Waals surface area contributed by atoms with Gasteiger partial charge in [-0.15, -0.1) is 0 Å². The Labute approximate surface area is 172 Å². The number of carbonyl (C=O) groups excluding carboxylic acids is 1. The lowest BCUT2D eigenvalue weighted by Crippen LogP contribution is -2.31. The fourth-order valence-corrected chi connectivity index (χ4v) is 4.55. The molecule has 2 aliphatic rings. The van der Waals surface area contributed by atoms with Gasteiger partial charge in [0.15, 0.2) is 5.69 Å². The van der Waals surface area contributed by atoms with Crippen LogP contribution in [0, 0.1) is 11.8 Å². The van der Waals surface area contributed by atoms with Gasteiger partial charge in [0.05, 0.1) is 6.10 Å². The third-order valence-corrected chi connectivity index (χ3v) is 5.93. The molecule has 9 heteroatoms. The average Bonchev–Trinajstić information content (AvgIpc) is 3.50. The fourth-order valence-electron chi connectivity index (χ4n) is 4.55. The molecule has 0 radical (unpaired) electrons. The van der Waals surface area contributed by atoms with Crippen LogP contribution in [-0.2, 0) is 0 Å². The van der Waals surface area contributed by atoms with E-state index in [-0.39, 0.29) is 23.4 Å². The number of hydrogen-bond acceptors (Lipinski definition) is 5. The van der Waals surface area contributed by atoms with Crippen LogP contribution in [0.4, 0.5) is 0 Å².